The molecular formula is C41H57NO6Si2. The minimum absolute atomic E-state index is 0.0868. The molecule has 3 aromatic carbocycles. The zero-order valence-corrected chi connectivity index (χ0v) is 33.9. The van der Waals surface area contributed by atoms with Gasteiger partial charge in [-0.1, -0.05) is 53.7 Å². The van der Waals surface area contributed by atoms with Crippen LogP contribution in [0.5, 0.6) is 28.7 Å². The van der Waals surface area contributed by atoms with Crippen molar-refractivity contribution in [1.82, 2.24) is 4.90 Å². The van der Waals surface area contributed by atoms with Crippen LogP contribution in [0.2, 0.25) is 36.3 Å². The molecule has 0 spiro atoms. The fourth-order valence-electron chi connectivity index (χ4n) is 6.13. The molecule has 50 heavy (non-hydrogen) atoms. The highest BCUT2D eigenvalue weighted by molar-refractivity contribution is 6.75. The van der Waals surface area contributed by atoms with E-state index >= 15 is 0 Å². The van der Waals surface area contributed by atoms with Crippen molar-refractivity contribution in [3.8, 4) is 28.7 Å². The highest BCUT2D eigenvalue weighted by atomic mass is 28.4. The zero-order valence-electron chi connectivity index (χ0n) is 31.9. The lowest BCUT2D eigenvalue weighted by molar-refractivity contribution is 0.0322. The van der Waals surface area contributed by atoms with Gasteiger partial charge in [0.2, 0.25) is 16.6 Å². The Balaban J connectivity index is 1.35. The minimum Gasteiger partial charge on any atom is -0.543 e. The molecule has 270 valence electrons. The van der Waals surface area contributed by atoms with Crippen molar-refractivity contribution in [2.24, 2.45) is 0 Å². The number of rotatable bonds is 9. The summed E-state index contributed by atoms with van der Waals surface area (Å²) in [5, 5.41) is 0.178. The summed E-state index contributed by atoms with van der Waals surface area (Å²) in [5.74, 6) is 4.26. The van der Waals surface area contributed by atoms with Gasteiger partial charge in [0.25, 0.3) is 0 Å². The molecule has 0 aliphatic carbocycles. The second-order valence-electron chi connectivity index (χ2n) is 16.9. The first-order valence-electron chi connectivity index (χ1n) is 18.2. The predicted molar refractivity (Wildman–Crippen MR) is 208 cm³/mol. The number of morpholine rings is 1. The van der Waals surface area contributed by atoms with Crippen LogP contribution >= 0.6 is 0 Å². The fraction of sp³-hybridized carbons (Fsp3) is 0.512. The number of hydrogen-bond acceptors (Lipinski definition) is 7. The lowest BCUT2D eigenvalue weighted by atomic mass is 9.84. The van der Waals surface area contributed by atoms with E-state index in [9.17, 15) is 0 Å². The van der Waals surface area contributed by atoms with Gasteiger partial charge in [0, 0.05) is 54.9 Å². The van der Waals surface area contributed by atoms with Crippen LogP contribution in [-0.2, 0) is 4.74 Å². The molecule has 3 aliphatic rings. The van der Waals surface area contributed by atoms with E-state index in [1.54, 1.807) is 0 Å². The molecule has 0 N–H and O–H groups in total. The van der Waals surface area contributed by atoms with Gasteiger partial charge in [0.05, 0.1) is 19.8 Å². The molecule has 9 heteroatoms. The Morgan fingerprint density at radius 1 is 0.700 bits per heavy atom. The first-order valence-corrected chi connectivity index (χ1v) is 24.1. The zero-order chi connectivity index (χ0) is 35.9. The van der Waals surface area contributed by atoms with Gasteiger partial charge in [-0.2, -0.15) is 0 Å². The van der Waals surface area contributed by atoms with E-state index in [-0.39, 0.29) is 16.2 Å². The number of nitrogens with zero attached hydrogens (tertiary/aromatic N) is 1. The molecule has 1 fully saturated rings. The van der Waals surface area contributed by atoms with Gasteiger partial charge in [-0.15, -0.1) is 0 Å². The molecule has 0 unspecified atom stereocenters. The molecule has 0 radical (unpaired) electrons. The number of fused-ring (bicyclic) bond motifs is 4. The lowest BCUT2D eigenvalue weighted by Crippen LogP contribution is -2.43. The van der Waals surface area contributed by atoms with Gasteiger partial charge >= 0.3 is 0 Å². The molecule has 3 aliphatic heterocycles. The lowest BCUT2D eigenvalue weighted by Gasteiger charge is -2.37. The molecule has 0 amide bonds. The van der Waals surface area contributed by atoms with Crippen LogP contribution in [-0.4, -0.2) is 67.6 Å². The van der Waals surface area contributed by atoms with Crippen molar-refractivity contribution in [1.29, 1.82) is 0 Å². The van der Waals surface area contributed by atoms with Gasteiger partial charge < -0.3 is 27.8 Å². The van der Waals surface area contributed by atoms with E-state index in [0.717, 1.165) is 90.3 Å². The Bertz CT molecular complexity index is 1700. The summed E-state index contributed by atoms with van der Waals surface area (Å²) in [4.78, 5) is 2.39. The molecule has 3 heterocycles. The highest BCUT2D eigenvalue weighted by Crippen LogP contribution is 2.53. The topological polar surface area (TPSA) is 58.6 Å². The van der Waals surface area contributed by atoms with Gasteiger partial charge in [-0.05, 0) is 83.8 Å². The van der Waals surface area contributed by atoms with Crippen molar-refractivity contribution in [2.75, 3.05) is 46.1 Å². The maximum absolute atomic E-state index is 7.03. The fourth-order valence-corrected chi connectivity index (χ4v) is 8.18. The monoisotopic (exact) mass is 715 g/mol. The van der Waals surface area contributed by atoms with Crippen molar-refractivity contribution in [3.63, 3.8) is 0 Å². The van der Waals surface area contributed by atoms with Crippen LogP contribution in [0.3, 0.4) is 0 Å². The average Bonchev–Trinajstić information content (AvgIpc) is 3.23. The average molecular weight is 716 g/mol. The SMILES string of the molecule is CC(C)(C)[Si](C)(C)Oc1ccc2c(c1)O[C@H](c1ccc(OCCN3CCOCC3)cc1)C1=C2CCOc2cc(O[Si](C)(C)C(C)(C)C)ccc21. The molecule has 0 saturated carbocycles. The predicted octanol–water partition coefficient (Wildman–Crippen LogP) is 9.99. The maximum atomic E-state index is 7.03. The van der Waals surface area contributed by atoms with Crippen LogP contribution in [0.25, 0.3) is 11.1 Å². The standard InChI is InChI=1S/C41H57NO6Si2/c1-40(2,3)49(7,8)47-31-16-18-35-36(27-31)45-23-19-34-33-17-15-32(48-50(9,10)41(4,5)6)28-37(33)46-39(38(34)35)29-11-13-30(14-12-29)44-26-22-42-20-24-43-25-21-42/h11-18,27-28,39H,19-26H2,1-10H3/t39-/m1/s1. The maximum Gasteiger partial charge on any atom is 0.250 e. The molecule has 1 saturated heterocycles. The van der Waals surface area contributed by atoms with Crippen LogP contribution < -0.4 is 23.1 Å². The van der Waals surface area contributed by atoms with E-state index in [0.29, 0.717) is 13.2 Å². The smallest absolute Gasteiger partial charge is 0.250 e. The summed E-state index contributed by atoms with van der Waals surface area (Å²) in [6.07, 6.45) is 0.427. The largest absolute Gasteiger partial charge is 0.543 e. The Hall–Kier alpha value is -3.25. The van der Waals surface area contributed by atoms with Crippen molar-refractivity contribution in [3.05, 3.63) is 77.4 Å². The third-order valence-corrected chi connectivity index (χ3v) is 20.0. The Kier molecular flexibility index (Phi) is 10.3. The van der Waals surface area contributed by atoms with Crippen molar-refractivity contribution < 1.29 is 27.8 Å². The van der Waals surface area contributed by atoms with Gasteiger partial charge in [0.15, 0.2) is 0 Å². The molecule has 7 nitrogen and oxygen atoms in total. The Morgan fingerprint density at radius 2 is 1.26 bits per heavy atom. The molecule has 6 rings (SSSR count). The molecular weight excluding hydrogens is 659 g/mol. The van der Waals surface area contributed by atoms with Gasteiger partial charge in [-0.25, -0.2) is 0 Å². The normalized spacial score (nSPS) is 18.6. The van der Waals surface area contributed by atoms with E-state index in [4.69, 9.17) is 27.8 Å². The van der Waals surface area contributed by atoms with Gasteiger partial charge in [0.1, 0.15) is 41.5 Å². The van der Waals surface area contributed by atoms with Crippen molar-refractivity contribution in [2.45, 2.75) is 90.3 Å². The number of ether oxygens (including phenoxy) is 4. The summed E-state index contributed by atoms with van der Waals surface area (Å²) in [5.41, 5.74) is 5.60. The molecule has 3 aromatic rings. The van der Waals surface area contributed by atoms with E-state index in [2.05, 4.69) is 133 Å². The van der Waals surface area contributed by atoms with Crippen LogP contribution in [0.15, 0.2) is 60.7 Å². The third-order valence-electron chi connectivity index (χ3n) is 11.3. The number of benzene rings is 3. The second kappa shape index (κ2) is 14.1. The first-order chi connectivity index (χ1) is 23.5. The Morgan fingerprint density at radius 3 is 1.86 bits per heavy atom. The second-order valence-corrected chi connectivity index (χ2v) is 26.4. The third kappa shape index (κ3) is 7.81. The summed E-state index contributed by atoms with van der Waals surface area (Å²) >= 11 is 0. The van der Waals surface area contributed by atoms with Crippen LogP contribution in [0.4, 0.5) is 0 Å². The number of hydrogen-bond donors (Lipinski definition) is 0. The quantitative estimate of drug-likeness (QED) is 0.205. The van der Waals surface area contributed by atoms with Crippen molar-refractivity contribution >= 4 is 27.8 Å². The minimum atomic E-state index is -2.05. The van der Waals surface area contributed by atoms with E-state index < -0.39 is 16.6 Å². The van der Waals surface area contributed by atoms with Crippen LogP contribution in [0.1, 0.15) is 70.8 Å². The highest BCUT2D eigenvalue weighted by Gasteiger charge is 2.41. The first kappa shape index (κ1) is 36.5. The molecule has 1 atom stereocenters. The Labute approximate surface area is 302 Å². The van der Waals surface area contributed by atoms with Crippen LogP contribution in [0, 0.1) is 0 Å². The summed E-state index contributed by atoms with van der Waals surface area (Å²) in [6, 6.07) is 21.1. The summed E-state index contributed by atoms with van der Waals surface area (Å²) in [7, 11) is -4.08. The summed E-state index contributed by atoms with van der Waals surface area (Å²) in [6.45, 7) is 28.3. The molecule has 0 bridgehead atoms. The van der Waals surface area contributed by atoms with E-state index in [1.807, 2.05) is 0 Å². The molecule has 0 aromatic heterocycles. The summed E-state index contributed by atoms with van der Waals surface area (Å²) < 4.78 is 38.7. The van der Waals surface area contributed by atoms with Gasteiger partial charge in [-0.3, -0.25) is 4.90 Å². The van der Waals surface area contributed by atoms with E-state index in [1.165, 1.54) is 5.57 Å².